The van der Waals surface area contributed by atoms with E-state index >= 15 is 0 Å². The van der Waals surface area contributed by atoms with Crippen LogP contribution in [0, 0.1) is 0 Å². The molecule has 1 saturated heterocycles. The van der Waals surface area contributed by atoms with Crippen LogP contribution in [-0.4, -0.2) is 55.1 Å². The van der Waals surface area contributed by atoms with E-state index in [0.29, 0.717) is 26.1 Å². The normalized spacial score (nSPS) is 15.0. The number of urea groups is 1. The molecule has 0 atom stereocenters. The molecule has 1 fully saturated rings. The Bertz CT molecular complexity index is 757. The van der Waals surface area contributed by atoms with Crippen molar-refractivity contribution in [2.24, 2.45) is 0 Å². The molecule has 1 aliphatic rings. The number of rotatable bonds is 7. The second-order valence-corrected chi connectivity index (χ2v) is 6.39. The predicted octanol–water partition coefficient (Wildman–Crippen LogP) is 3.53. The molecule has 0 radical (unpaired) electrons. The van der Waals surface area contributed by atoms with Crippen LogP contribution >= 0.6 is 0 Å². The Morgan fingerprint density at radius 1 is 1.08 bits per heavy atom. The number of carbonyl (C=O) groups excluding carboxylic acids is 2. The lowest BCUT2D eigenvalue weighted by Gasteiger charge is -2.35. The fourth-order valence-corrected chi connectivity index (χ4v) is 3.26. The van der Waals surface area contributed by atoms with Gasteiger partial charge >= 0.3 is 6.03 Å². The second-order valence-electron chi connectivity index (χ2n) is 6.39. The van der Waals surface area contributed by atoms with E-state index in [1.807, 2.05) is 47.4 Å². The molecule has 0 aromatic heterocycles. The Morgan fingerprint density at radius 2 is 1.84 bits per heavy atom. The molecule has 2 amide bonds. The van der Waals surface area contributed by atoms with Crippen LogP contribution in [0.5, 0.6) is 0 Å². The highest BCUT2D eigenvalue weighted by Crippen LogP contribution is 2.17. The Kier molecular flexibility index (Phi) is 5.66. The third-order valence-corrected chi connectivity index (χ3v) is 4.59. The highest BCUT2D eigenvalue weighted by molar-refractivity contribution is 5.99. The van der Waals surface area contributed by atoms with Gasteiger partial charge < -0.3 is 14.5 Å². The minimum atomic E-state index is 0.00579. The van der Waals surface area contributed by atoms with Gasteiger partial charge in [-0.15, -0.1) is 0 Å². The highest BCUT2D eigenvalue weighted by atomic mass is 16.5. The molecule has 0 aliphatic carbocycles. The maximum atomic E-state index is 12.4. The number of nitrogens with zero attached hydrogens (tertiary/aromatic N) is 2. The Labute approximate surface area is 148 Å². The summed E-state index contributed by atoms with van der Waals surface area (Å²) in [5, 5.41) is 2.21. The summed E-state index contributed by atoms with van der Waals surface area (Å²) in [6.07, 6.45) is 2.07. The van der Waals surface area contributed by atoms with Crippen molar-refractivity contribution < 1.29 is 14.3 Å². The van der Waals surface area contributed by atoms with Crippen molar-refractivity contribution in [1.29, 1.82) is 0 Å². The van der Waals surface area contributed by atoms with E-state index in [9.17, 15) is 9.59 Å². The van der Waals surface area contributed by atoms with Gasteiger partial charge in [0.1, 0.15) is 6.73 Å². The topological polar surface area (TPSA) is 49.9 Å². The molecule has 0 N–H and O–H groups in total. The zero-order valence-corrected chi connectivity index (χ0v) is 14.6. The molecule has 1 heterocycles. The molecule has 2 aromatic rings. The van der Waals surface area contributed by atoms with E-state index in [1.54, 1.807) is 12.0 Å². The maximum Gasteiger partial charge on any atom is 0.321 e. The van der Waals surface area contributed by atoms with Crippen LogP contribution in [-0.2, 0) is 4.74 Å². The van der Waals surface area contributed by atoms with Crippen molar-refractivity contribution in [3.05, 3.63) is 48.0 Å². The van der Waals surface area contributed by atoms with Crippen molar-refractivity contribution in [3.63, 3.8) is 0 Å². The van der Waals surface area contributed by atoms with Gasteiger partial charge in [0.15, 0.2) is 5.78 Å². The van der Waals surface area contributed by atoms with Crippen LogP contribution in [0.1, 0.15) is 29.6 Å². The molecule has 0 bridgehead atoms. The molecule has 5 nitrogen and oxygen atoms in total. The van der Waals surface area contributed by atoms with Crippen LogP contribution in [0.2, 0.25) is 0 Å². The zero-order chi connectivity index (χ0) is 17.6. The van der Waals surface area contributed by atoms with Crippen LogP contribution in [0.25, 0.3) is 10.8 Å². The number of benzene rings is 2. The standard InChI is InChI=1S/C20H24N2O3/c1-25-15-22-13-5-12-21(20(22)24)11-4-8-19(23)18-10-9-16-6-2-3-7-17(16)14-18/h2-3,6-7,9-10,14H,4-5,8,11-13,15H2,1H3. The van der Waals surface area contributed by atoms with Crippen molar-refractivity contribution in [2.75, 3.05) is 33.5 Å². The SMILES string of the molecule is COCN1CCCN(CCCC(=O)c2ccc3ccccc3c2)C1=O. The minimum absolute atomic E-state index is 0.00579. The average Bonchev–Trinajstić information content (AvgIpc) is 2.64. The summed E-state index contributed by atoms with van der Waals surface area (Å²) < 4.78 is 5.06. The van der Waals surface area contributed by atoms with Gasteiger partial charge in [-0.05, 0) is 29.7 Å². The largest absolute Gasteiger partial charge is 0.364 e. The number of ketones is 1. The van der Waals surface area contributed by atoms with Crippen LogP contribution in [0.15, 0.2) is 42.5 Å². The minimum Gasteiger partial charge on any atom is -0.364 e. The summed E-state index contributed by atoms with van der Waals surface area (Å²) in [5.41, 5.74) is 0.740. The Balaban J connectivity index is 1.54. The van der Waals surface area contributed by atoms with Crippen molar-refractivity contribution >= 4 is 22.6 Å². The molecular formula is C20H24N2O3. The summed E-state index contributed by atoms with van der Waals surface area (Å²) in [5.74, 6) is 0.129. The van der Waals surface area contributed by atoms with Gasteiger partial charge in [0.2, 0.25) is 0 Å². The number of hydrogen-bond donors (Lipinski definition) is 0. The molecule has 3 rings (SSSR count). The van der Waals surface area contributed by atoms with E-state index < -0.39 is 0 Å². The van der Waals surface area contributed by atoms with Gasteiger partial charge in [0, 0.05) is 38.7 Å². The number of hydrogen-bond acceptors (Lipinski definition) is 3. The molecule has 132 valence electrons. The number of carbonyl (C=O) groups is 2. The van der Waals surface area contributed by atoms with Gasteiger partial charge in [-0.2, -0.15) is 0 Å². The van der Waals surface area contributed by atoms with Crippen LogP contribution in [0.4, 0.5) is 4.79 Å². The number of ether oxygens (including phenoxy) is 1. The van der Waals surface area contributed by atoms with Crippen molar-refractivity contribution in [3.8, 4) is 0 Å². The predicted molar refractivity (Wildman–Crippen MR) is 97.7 cm³/mol. The zero-order valence-electron chi connectivity index (χ0n) is 14.6. The maximum absolute atomic E-state index is 12.4. The highest BCUT2D eigenvalue weighted by Gasteiger charge is 2.24. The number of methoxy groups -OCH3 is 1. The molecule has 0 spiro atoms. The van der Waals surface area contributed by atoms with E-state index in [-0.39, 0.29) is 11.8 Å². The van der Waals surface area contributed by atoms with Gasteiger partial charge in [-0.1, -0.05) is 36.4 Å². The second kappa shape index (κ2) is 8.12. The van der Waals surface area contributed by atoms with Gasteiger partial charge in [-0.3, -0.25) is 4.79 Å². The third kappa shape index (κ3) is 4.17. The van der Waals surface area contributed by atoms with Crippen molar-refractivity contribution in [1.82, 2.24) is 9.80 Å². The Hall–Kier alpha value is -2.40. The first-order valence-corrected chi connectivity index (χ1v) is 8.74. The molecule has 0 saturated carbocycles. The van der Waals surface area contributed by atoms with E-state index in [0.717, 1.165) is 35.8 Å². The van der Waals surface area contributed by atoms with Crippen LogP contribution < -0.4 is 0 Å². The van der Waals surface area contributed by atoms with Gasteiger partial charge in [0.25, 0.3) is 0 Å². The molecule has 5 heteroatoms. The monoisotopic (exact) mass is 340 g/mol. The quantitative estimate of drug-likeness (QED) is 0.725. The van der Waals surface area contributed by atoms with Crippen LogP contribution in [0.3, 0.4) is 0 Å². The first-order valence-electron chi connectivity index (χ1n) is 8.74. The van der Waals surface area contributed by atoms with E-state index in [2.05, 4.69) is 0 Å². The third-order valence-electron chi connectivity index (χ3n) is 4.59. The van der Waals surface area contributed by atoms with Crippen molar-refractivity contribution in [2.45, 2.75) is 19.3 Å². The fourth-order valence-electron chi connectivity index (χ4n) is 3.26. The molecule has 25 heavy (non-hydrogen) atoms. The molecule has 2 aromatic carbocycles. The Morgan fingerprint density at radius 3 is 2.64 bits per heavy atom. The van der Waals surface area contributed by atoms with E-state index in [1.165, 1.54) is 0 Å². The molecule has 0 unspecified atom stereocenters. The number of amides is 2. The summed E-state index contributed by atoms with van der Waals surface area (Å²) in [4.78, 5) is 28.3. The van der Waals surface area contributed by atoms with Gasteiger partial charge in [-0.25, -0.2) is 4.79 Å². The molecule has 1 aliphatic heterocycles. The first-order chi connectivity index (χ1) is 12.2. The summed E-state index contributed by atoms with van der Waals surface area (Å²) in [6.45, 7) is 2.42. The summed E-state index contributed by atoms with van der Waals surface area (Å²) >= 11 is 0. The average molecular weight is 340 g/mol. The smallest absolute Gasteiger partial charge is 0.321 e. The lowest BCUT2D eigenvalue weighted by atomic mass is 10.0. The first kappa shape index (κ1) is 17.4. The fraction of sp³-hybridized carbons (Fsp3) is 0.400. The lowest BCUT2D eigenvalue weighted by molar-refractivity contribution is 0.0494. The van der Waals surface area contributed by atoms with Gasteiger partial charge in [0.05, 0.1) is 0 Å². The van der Waals surface area contributed by atoms with E-state index in [4.69, 9.17) is 4.74 Å². The number of fused-ring (bicyclic) bond motifs is 1. The summed E-state index contributed by atoms with van der Waals surface area (Å²) in [6, 6.07) is 13.9. The molecular weight excluding hydrogens is 316 g/mol. The lowest BCUT2D eigenvalue weighted by Crippen LogP contribution is -2.50. The summed E-state index contributed by atoms with van der Waals surface area (Å²) in [7, 11) is 1.59. The number of Topliss-reactive ketones (excluding diaryl/α,β-unsaturated/α-hetero) is 1.